The van der Waals surface area contributed by atoms with E-state index in [-0.39, 0.29) is 7.92 Å². The lowest BCUT2D eigenvalue weighted by molar-refractivity contribution is 0.324. The summed E-state index contributed by atoms with van der Waals surface area (Å²) in [7, 11) is -0.235. The Balaban J connectivity index is 1.98. The molecule has 0 amide bonds. The molecule has 122 valence electrons. The van der Waals surface area contributed by atoms with Crippen LogP contribution in [0.1, 0.15) is 46.0 Å². The molecule has 0 saturated heterocycles. The largest absolute Gasteiger partial charge is 0.0651 e. The van der Waals surface area contributed by atoms with E-state index in [0.29, 0.717) is 0 Å². The lowest BCUT2D eigenvalue weighted by Gasteiger charge is -2.34. The number of hydrogen-bond acceptors (Lipinski definition) is 0. The van der Waals surface area contributed by atoms with E-state index >= 15 is 0 Å². The summed E-state index contributed by atoms with van der Waals surface area (Å²) in [4.78, 5) is 0. The van der Waals surface area contributed by atoms with E-state index in [0.717, 1.165) is 17.5 Å². The van der Waals surface area contributed by atoms with Crippen LogP contribution < -0.4 is 10.6 Å². The van der Waals surface area contributed by atoms with Crippen LogP contribution in [0.4, 0.5) is 0 Å². The summed E-state index contributed by atoms with van der Waals surface area (Å²) in [6, 6.07) is 22.6. The topological polar surface area (TPSA) is 0 Å². The van der Waals surface area contributed by atoms with Crippen molar-refractivity contribution in [2.75, 3.05) is 0 Å². The van der Waals surface area contributed by atoms with Crippen molar-refractivity contribution in [1.82, 2.24) is 0 Å². The first kappa shape index (κ1) is 16.7. The van der Waals surface area contributed by atoms with Gasteiger partial charge in [-0.25, -0.2) is 0 Å². The molecule has 2 aromatic carbocycles. The van der Waals surface area contributed by atoms with Crippen LogP contribution in [0, 0.1) is 11.8 Å². The van der Waals surface area contributed by atoms with Gasteiger partial charge in [0.05, 0.1) is 0 Å². The second-order valence-corrected chi connectivity index (χ2v) is 9.22. The van der Waals surface area contributed by atoms with Crippen LogP contribution in [0.15, 0.2) is 60.7 Å². The van der Waals surface area contributed by atoms with Crippen LogP contribution in [0.2, 0.25) is 0 Å². The number of benzene rings is 2. The Bertz CT molecular complexity index is 534. The van der Waals surface area contributed by atoms with Gasteiger partial charge in [0.15, 0.2) is 0 Å². The summed E-state index contributed by atoms with van der Waals surface area (Å²) in [6.07, 6.45) is 6.95. The van der Waals surface area contributed by atoms with E-state index in [1.165, 1.54) is 32.1 Å². The van der Waals surface area contributed by atoms with Crippen LogP contribution in [0.25, 0.3) is 0 Å². The predicted octanol–water partition coefficient (Wildman–Crippen LogP) is 5.72. The standard InChI is InChI=1S/C22H29P/c1-3-18(4-2)21-16-11-17-22(21)23(19-12-7-5-8-13-19)20-14-9-6-10-15-20/h5-10,12-15,18,21-22H,3-4,11,16-17H2,1-2H3/t21-,22?/m1/s1. The molecule has 2 aromatic rings. The molecule has 1 saturated carbocycles. The van der Waals surface area contributed by atoms with Crippen LogP contribution in [0.3, 0.4) is 0 Å². The van der Waals surface area contributed by atoms with Crippen molar-refractivity contribution < 1.29 is 0 Å². The van der Waals surface area contributed by atoms with Gasteiger partial charge in [0.25, 0.3) is 0 Å². The normalized spacial score (nSPS) is 21.2. The van der Waals surface area contributed by atoms with Crippen LogP contribution in [-0.4, -0.2) is 5.66 Å². The molecule has 1 unspecified atom stereocenters. The van der Waals surface area contributed by atoms with E-state index < -0.39 is 0 Å². The SMILES string of the molecule is CCC(CC)[C@H]1CCCC1P(c1ccccc1)c1ccccc1. The zero-order chi connectivity index (χ0) is 16.1. The Morgan fingerprint density at radius 3 is 1.83 bits per heavy atom. The molecule has 23 heavy (non-hydrogen) atoms. The van der Waals surface area contributed by atoms with Crippen molar-refractivity contribution in [3.63, 3.8) is 0 Å². The minimum Gasteiger partial charge on any atom is -0.0651 e. The molecule has 3 rings (SSSR count). The molecular weight excluding hydrogens is 295 g/mol. The molecule has 0 N–H and O–H groups in total. The summed E-state index contributed by atoms with van der Waals surface area (Å²) >= 11 is 0. The monoisotopic (exact) mass is 324 g/mol. The van der Waals surface area contributed by atoms with Gasteiger partial charge in [0.2, 0.25) is 0 Å². The fourth-order valence-corrected chi connectivity index (χ4v) is 7.71. The van der Waals surface area contributed by atoms with Crippen molar-refractivity contribution in [1.29, 1.82) is 0 Å². The molecule has 2 atom stereocenters. The van der Waals surface area contributed by atoms with Crippen LogP contribution in [-0.2, 0) is 0 Å². The molecule has 0 aliphatic heterocycles. The average molecular weight is 324 g/mol. The molecule has 0 aromatic heterocycles. The first-order valence-corrected chi connectivity index (χ1v) is 10.7. The molecule has 0 radical (unpaired) electrons. The third-order valence-electron chi connectivity index (χ3n) is 5.59. The molecule has 1 fully saturated rings. The van der Waals surface area contributed by atoms with Gasteiger partial charge in [-0.2, -0.15) is 0 Å². The van der Waals surface area contributed by atoms with Gasteiger partial charge >= 0.3 is 0 Å². The Kier molecular flexibility index (Phi) is 5.90. The molecule has 1 heteroatoms. The van der Waals surface area contributed by atoms with Crippen molar-refractivity contribution in [2.24, 2.45) is 11.8 Å². The van der Waals surface area contributed by atoms with E-state index in [1.807, 2.05) is 0 Å². The minimum absolute atomic E-state index is 0.235. The van der Waals surface area contributed by atoms with Gasteiger partial charge in [-0.1, -0.05) is 93.8 Å². The van der Waals surface area contributed by atoms with Crippen molar-refractivity contribution in [2.45, 2.75) is 51.6 Å². The van der Waals surface area contributed by atoms with Crippen molar-refractivity contribution >= 4 is 18.5 Å². The van der Waals surface area contributed by atoms with Crippen LogP contribution in [0.5, 0.6) is 0 Å². The highest BCUT2D eigenvalue weighted by Crippen LogP contribution is 2.52. The van der Waals surface area contributed by atoms with E-state index in [2.05, 4.69) is 74.5 Å². The lowest BCUT2D eigenvalue weighted by atomic mass is 9.86. The summed E-state index contributed by atoms with van der Waals surface area (Å²) in [5.74, 6) is 1.82. The number of rotatable bonds is 6. The Morgan fingerprint density at radius 1 is 0.826 bits per heavy atom. The lowest BCUT2D eigenvalue weighted by Crippen LogP contribution is -2.28. The summed E-state index contributed by atoms with van der Waals surface area (Å²) in [5.41, 5.74) is 0.861. The van der Waals surface area contributed by atoms with Gasteiger partial charge in [-0.15, -0.1) is 0 Å². The van der Waals surface area contributed by atoms with Gasteiger partial charge in [0, 0.05) is 0 Å². The molecule has 0 spiro atoms. The second-order valence-electron chi connectivity index (χ2n) is 6.78. The maximum absolute atomic E-state index is 2.39. The summed E-state index contributed by atoms with van der Waals surface area (Å²) < 4.78 is 0. The zero-order valence-electron chi connectivity index (χ0n) is 14.5. The maximum Gasteiger partial charge on any atom is -0.00978 e. The Hall–Kier alpha value is -1.13. The third-order valence-corrected chi connectivity index (χ3v) is 8.60. The summed E-state index contributed by atoms with van der Waals surface area (Å²) in [5, 5.41) is 3.13. The predicted molar refractivity (Wildman–Crippen MR) is 104 cm³/mol. The van der Waals surface area contributed by atoms with E-state index in [1.54, 1.807) is 10.6 Å². The maximum atomic E-state index is 2.39. The van der Waals surface area contributed by atoms with Gasteiger partial charge in [-0.3, -0.25) is 0 Å². The van der Waals surface area contributed by atoms with Gasteiger partial charge in [-0.05, 0) is 48.9 Å². The van der Waals surface area contributed by atoms with E-state index in [9.17, 15) is 0 Å². The molecule has 0 heterocycles. The first-order chi connectivity index (χ1) is 11.3. The molecule has 1 aliphatic carbocycles. The Morgan fingerprint density at radius 2 is 1.35 bits per heavy atom. The Labute approximate surface area is 143 Å². The van der Waals surface area contributed by atoms with E-state index in [4.69, 9.17) is 0 Å². The highest BCUT2D eigenvalue weighted by molar-refractivity contribution is 7.73. The second kappa shape index (κ2) is 8.11. The smallest absolute Gasteiger partial charge is 0.00978 e. The summed E-state index contributed by atoms with van der Waals surface area (Å²) in [6.45, 7) is 4.77. The highest BCUT2D eigenvalue weighted by atomic mass is 31.1. The molecule has 1 aliphatic rings. The van der Waals surface area contributed by atoms with Crippen molar-refractivity contribution in [3.8, 4) is 0 Å². The van der Waals surface area contributed by atoms with Crippen molar-refractivity contribution in [3.05, 3.63) is 60.7 Å². The fourth-order valence-electron chi connectivity index (χ4n) is 4.44. The quantitative estimate of drug-likeness (QED) is 0.596. The van der Waals surface area contributed by atoms with Gasteiger partial charge < -0.3 is 0 Å². The average Bonchev–Trinajstić information content (AvgIpc) is 3.07. The minimum atomic E-state index is -0.235. The highest BCUT2D eigenvalue weighted by Gasteiger charge is 2.38. The first-order valence-electron chi connectivity index (χ1n) is 9.24. The van der Waals surface area contributed by atoms with Gasteiger partial charge in [0.1, 0.15) is 0 Å². The molecule has 0 nitrogen and oxygen atoms in total. The number of hydrogen-bond donors (Lipinski definition) is 0. The zero-order valence-corrected chi connectivity index (χ0v) is 15.4. The molecular formula is C22H29P. The fraction of sp³-hybridized carbons (Fsp3) is 0.455. The van der Waals surface area contributed by atoms with Crippen LogP contribution >= 0.6 is 7.92 Å². The third kappa shape index (κ3) is 3.69. The molecule has 0 bridgehead atoms.